The summed E-state index contributed by atoms with van der Waals surface area (Å²) in [4.78, 5) is 0. The standard InChI is InChI=1S/C14H11Br2ClO/c1-9-2-4-11(16)7-14(9)18-13-5-3-10(8-15)6-12(13)17/h2-7H,8H2,1H3. The van der Waals surface area contributed by atoms with E-state index < -0.39 is 0 Å². The van der Waals surface area contributed by atoms with Crippen molar-refractivity contribution in [3.8, 4) is 11.5 Å². The molecular formula is C14H11Br2ClO. The molecule has 94 valence electrons. The second-order valence-corrected chi connectivity index (χ2v) is 5.79. The van der Waals surface area contributed by atoms with Crippen LogP contribution in [0.15, 0.2) is 40.9 Å². The minimum atomic E-state index is 0.617. The summed E-state index contributed by atoms with van der Waals surface area (Å²) in [6.45, 7) is 2.00. The lowest BCUT2D eigenvalue weighted by atomic mass is 10.2. The minimum absolute atomic E-state index is 0.617. The largest absolute Gasteiger partial charge is 0.455 e. The average molecular weight is 391 g/mol. The van der Waals surface area contributed by atoms with Gasteiger partial charge in [-0.2, -0.15) is 0 Å². The van der Waals surface area contributed by atoms with Crippen LogP contribution in [-0.2, 0) is 5.33 Å². The van der Waals surface area contributed by atoms with E-state index >= 15 is 0 Å². The summed E-state index contributed by atoms with van der Waals surface area (Å²) in [5.41, 5.74) is 2.19. The summed E-state index contributed by atoms with van der Waals surface area (Å²) in [5.74, 6) is 1.47. The van der Waals surface area contributed by atoms with Gasteiger partial charge in [0.15, 0.2) is 0 Å². The third-order valence-corrected chi connectivity index (χ3v) is 3.96. The number of hydrogen-bond donors (Lipinski definition) is 0. The molecule has 2 rings (SSSR count). The highest BCUT2D eigenvalue weighted by atomic mass is 79.9. The third kappa shape index (κ3) is 3.28. The Morgan fingerprint density at radius 3 is 2.56 bits per heavy atom. The van der Waals surface area contributed by atoms with Crippen molar-refractivity contribution in [2.75, 3.05) is 0 Å². The molecule has 0 aromatic heterocycles. The Labute approximate surface area is 128 Å². The molecule has 4 heteroatoms. The highest BCUT2D eigenvalue weighted by Crippen LogP contribution is 2.33. The van der Waals surface area contributed by atoms with E-state index in [0.29, 0.717) is 10.8 Å². The minimum Gasteiger partial charge on any atom is -0.455 e. The molecule has 0 spiro atoms. The lowest BCUT2D eigenvalue weighted by Crippen LogP contribution is -1.89. The molecule has 0 amide bonds. The van der Waals surface area contributed by atoms with E-state index in [4.69, 9.17) is 16.3 Å². The van der Waals surface area contributed by atoms with Crippen LogP contribution in [0.1, 0.15) is 11.1 Å². The zero-order valence-corrected chi connectivity index (χ0v) is 13.6. The molecule has 0 aliphatic heterocycles. The summed E-state index contributed by atoms with van der Waals surface area (Å²) >= 11 is 13.0. The van der Waals surface area contributed by atoms with Gasteiger partial charge in [-0.1, -0.05) is 55.6 Å². The zero-order valence-electron chi connectivity index (χ0n) is 9.71. The van der Waals surface area contributed by atoms with E-state index in [2.05, 4.69) is 31.9 Å². The van der Waals surface area contributed by atoms with Gasteiger partial charge >= 0.3 is 0 Å². The summed E-state index contributed by atoms with van der Waals surface area (Å²) in [5, 5.41) is 1.40. The molecule has 2 aromatic rings. The van der Waals surface area contributed by atoms with Crippen LogP contribution in [0.25, 0.3) is 0 Å². The molecule has 0 aliphatic rings. The predicted octanol–water partition coefficient (Wildman–Crippen LogP) is 6.10. The molecule has 0 radical (unpaired) electrons. The van der Waals surface area contributed by atoms with Crippen LogP contribution in [0.4, 0.5) is 0 Å². The van der Waals surface area contributed by atoms with Gasteiger partial charge in [0.1, 0.15) is 11.5 Å². The van der Waals surface area contributed by atoms with E-state index in [1.807, 2.05) is 43.3 Å². The summed E-state index contributed by atoms with van der Waals surface area (Å²) in [7, 11) is 0. The SMILES string of the molecule is Cc1ccc(Br)cc1Oc1ccc(CBr)cc1Cl. The van der Waals surface area contributed by atoms with Gasteiger partial charge in [-0.15, -0.1) is 0 Å². The third-order valence-electron chi connectivity index (χ3n) is 2.52. The smallest absolute Gasteiger partial charge is 0.146 e. The van der Waals surface area contributed by atoms with Gasteiger partial charge in [0.2, 0.25) is 0 Å². The van der Waals surface area contributed by atoms with Gasteiger partial charge in [-0.25, -0.2) is 0 Å². The van der Waals surface area contributed by atoms with Crippen molar-refractivity contribution in [1.82, 2.24) is 0 Å². The van der Waals surface area contributed by atoms with Gasteiger partial charge in [0, 0.05) is 9.80 Å². The van der Waals surface area contributed by atoms with Crippen LogP contribution in [-0.4, -0.2) is 0 Å². The van der Waals surface area contributed by atoms with Gasteiger partial charge < -0.3 is 4.74 Å². The fourth-order valence-electron chi connectivity index (χ4n) is 1.51. The number of benzene rings is 2. The summed E-state index contributed by atoms with van der Waals surface area (Å²) in [6, 6.07) is 11.7. The molecule has 0 N–H and O–H groups in total. The van der Waals surface area contributed by atoms with Crippen molar-refractivity contribution in [3.05, 3.63) is 57.0 Å². The van der Waals surface area contributed by atoms with Crippen LogP contribution in [0.2, 0.25) is 5.02 Å². The van der Waals surface area contributed by atoms with Crippen molar-refractivity contribution >= 4 is 43.5 Å². The Morgan fingerprint density at radius 2 is 1.89 bits per heavy atom. The van der Waals surface area contributed by atoms with Crippen LogP contribution in [0, 0.1) is 6.92 Å². The van der Waals surface area contributed by atoms with E-state index in [1.165, 1.54) is 0 Å². The fraction of sp³-hybridized carbons (Fsp3) is 0.143. The number of rotatable bonds is 3. The lowest BCUT2D eigenvalue weighted by molar-refractivity contribution is 0.478. The summed E-state index contributed by atoms with van der Waals surface area (Å²) < 4.78 is 6.83. The molecule has 0 saturated heterocycles. The highest BCUT2D eigenvalue weighted by molar-refractivity contribution is 9.10. The molecule has 0 aliphatic carbocycles. The van der Waals surface area contributed by atoms with Crippen LogP contribution in [0.5, 0.6) is 11.5 Å². The Bertz CT molecular complexity index is 570. The molecule has 0 saturated carbocycles. The van der Waals surface area contributed by atoms with Gasteiger partial charge in [0.05, 0.1) is 5.02 Å². The Kier molecular flexibility index (Phi) is 4.71. The van der Waals surface area contributed by atoms with Crippen molar-refractivity contribution < 1.29 is 4.74 Å². The van der Waals surface area contributed by atoms with Crippen molar-refractivity contribution in [3.63, 3.8) is 0 Å². The maximum Gasteiger partial charge on any atom is 0.146 e. The molecule has 1 nitrogen and oxygen atoms in total. The fourth-order valence-corrected chi connectivity index (χ4v) is 2.44. The van der Waals surface area contributed by atoms with Gasteiger partial charge in [-0.3, -0.25) is 0 Å². The highest BCUT2D eigenvalue weighted by Gasteiger charge is 2.07. The number of ether oxygens (including phenoxy) is 1. The number of hydrogen-bond acceptors (Lipinski definition) is 1. The maximum absolute atomic E-state index is 6.19. The number of alkyl halides is 1. The first-order chi connectivity index (χ1) is 8.60. The quantitative estimate of drug-likeness (QED) is 0.576. The zero-order chi connectivity index (χ0) is 13.1. The first-order valence-corrected chi connectivity index (χ1v) is 7.68. The van der Waals surface area contributed by atoms with E-state index in [9.17, 15) is 0 Å². The molecule has 18 heavy (non-hydrogen) atoms. The topological polar surface area (TPSA) is 9.23 Å². The second kappa shape index (κ2) is 6.09. The van der Waals surface area contributed by atoms with Gasteiger partial charge in [0.25, 0.3) is 0 Å². The van der Waals surface area contributed by atoms with Crippen molar-refractivity contribution in [1.29, 1.82) is 0 Å². The van der Waals surface area contributed by atoms with E-state index in [-0.39, 0.29) is 0 Å². The van der Waals surface area contributed by atoms with E-state index in [0.717, 1.165) is 26.7 Å². The molecule has 0 fully saturated rings. The molecular weight excluding hydrogens is 379 g/mol. The van der Waals surface area contributed by atoms with Crippen LogP contribution >= 0.6 is 43.5 Å². The Hall–Kier alpha value is -0.510. The maximum atomic E-state index is 6.19. The monoisotopic (exact) mass is 388 g/mol. The lowest BCUT2D eigenvalue weighted by Gasteiger charge is -2.11. The van der Waals surface area contributed by atoms with Crippen molar-refractivity contribution in [2.45, 2.75) is 12.3 Å². The Balaban J connectivity index is 2.31. The van der Waals surface area contributed by atoms with E-state index in [1.54, 1.807) is 0 Å². The summed E-state index contributed by atoms with van der Waals surface area (Å²) in [6.07, 6.45) is 0. The molecule has 0 bridgehead atoms. The molecule has 0 atom stereocenters. The number of aryl methyl sites for hydroxylation is 1. The first kappa shape index (κ1) is 13.9. The average Bonchev–Trinajstić information content (AvgIpc) is 2.36. The Morgan fingerprint density at radius 1 is 1.11 bits per heavy atom. The first-order valence-electron chi connectivity index (χ1n) is 5.38. The predicted molar refractivity (Wildman–Crippen MR) is 83.0 cm³/mol. The molecule has 0 unspecified atom stereocenters. The number of halogens is 3. The molecule has 0 heterocycles. The van der Waals surface area contributed by atoms with Crippen LogP contribution < -0.4 is 4.74 Å². The second-order valence-electron chi connectivity index (χ2n) is 3.91. The van der Waals surface area contributed by atoms with Gasteiger partial charge in [-0.05, 0) is 42.3 Å². The van der Waals surface area contributed by atoms with Crippen molar-refractivity contribution in [2.24, 2.45) is 0 Å². The van der Waals surface area contributed by atoms with Crippen LogP contribution in [0.3, 0.4) is 0 Å². The molecule has 2 aromatic carbocycles. The normalized spacial score (nSPS) is 10.4.